The van der Waals surface area contributed by atoms with E-state index in [1.165, 1.54) is 0 Å². The van der Waals surface area contributed by atoms with Gasteiger partial charge in [0, 0.05) is 17.4 Å². The fourth-order valence-electron chi connectivity index (χ4n) is 3.96. The van der Waals surface area contributed by atoms with E-state index in [2.05, 4.69) is 18.6 Å². The van der Waals surface area contributed by atoms with E-state index in [-0.39, 0.29) is 17.0 Å². The topological polar surface area (TPSA) is 63.2 Å². The van der Waals surface area contributed by atoms with Crippen molar-refractivity contribution >= 4 is 15.8 Å². The third-order valence-electron chi connectivity index (χ3n) is 5.89. The zero-order valence-electron chi connectivity index (χ0n) is 13.2. The third-order valence-corrected chi connectivity index (χ3v) is 7.63. The van der Waals surface area contributed by atoms with Crippen molar-refractivity contribution in [2.24, 2.45) is 16.7 Å². The monoisotopic (exact) mass is 301 g/mol. The second-order valence-corrected chi connectivity index (χ2v) is 9.49. The van der Waals surface area contributed by atoms with E-state index < -0.39 is 21.0 Å². The first-order chi connectivity index (χ1) is 8.96. The standard InChI is InChI=1S/C15H27NO3S/c1-6-13(2,3)16-20(18,19)10-15-8-7-11(9-12(15)17)14(15,4)5/h11,16H,6-10H2,1-5H3/t11-,15+/m1/s1. The average Bonchev–Trinajstić information content (AvgIpc) is 2.60. The number of Topliss-reactive ketones (excluding diaryl/α,β-unsaturated/α-hetero) is 1. The summed E-state index contributed by atoms with van der Waals surface area (Å²) >= 11 is 0. The molecule has 116 valence electrons. The molecule has 0 radical (unpaired) electrons. The van der Waals surface area contributed by atoms with Gasteiger partial charge in [-0.05, 0) is 44.4 Å². The van der Waals surface area contributed by atoms with Crippen LogP contribution in [0.25, 0.3) is 0 Å². The smallest absolute Gasteiger partial charge is 0.213 e. The molecule has 2 aliphatic carbocycles. The van der Waals surface area contributed by atoms with Gasteiger partial charge in [0.25, 0.3) is 0 Å². The summed E-state index contributed by atoms with van der Waals surface area (Å²) in [6, 6.07) is 0. The summed E-state index contributed by atoms with van der Waals surface area (Å²) in [5.41, 5.74) is -1.33. The second kappa shape index (κ2) is 4.54. The Morgan fingerprint density at radius 1 is 1.35 bits per heavy atom. The maximum atomic E-state index is 12.5. The number of hydrogen-bond donors (Lipinski definition) is 1. The van der Waals surface area contributed by atoms with E-state index in [1.807, 2.05) is 20.8 Å². The summed E-state index contributed by atoms with van der Waals surface area (Å²) in [6.07, 6.45) is 2.97. The fourth-order valence-corrected chi connectivity index (χ4v) is 6.35. The molecule has 0 amide bonds. The molecule has 2 atom stereocenters. The SMILES string of the molecule is CCC(C)(C)NS(=O)(=O)C[C@@]12CC[C@H](CC1=O)C2(C)C. The Bertz CT molecular complexity index is 521. The molecule has 2 fully saturated rings. The van der Waals surface area contributed by atoms with Crippen LogP contribution in [0.1, 0.15) is 60.3 Å². The van der Waals surface area contributed by atoms with Gasteiger partial charge in [-0.2, -0.15) is 0 Å². The Labute approximate surface area is 122 Å². The lowest BCUT2D eigenvalue weighted by molar-refractivity contribution is -0.128. The molecule has 0 aromatic carbocycles. The highest BCUT2D eigenvalue weighted by atomic mass is 32.2. The Morgan fingerprint density at radius 2 is 1.95 bits per heavy atom. The summed E-state index contributed by atoms with van der Waals surface area (Å²) in [6.45, 7) is 9.84. The number of nitrogens with one attached hydrogen (secondary N) is 1. The zero-order valence-corrected chi connectivity index (χ0v) is 14.1. The summed E-state index contributed by atoms with van der Waals surface area (Å²) < 4.78 is 27.8. The number of carbonyl (C=O) groups is 1. The number of fused-ring (bicyclic) bond motifs is 2. The first-order valence-electron chi connectivity index (χ1n) is 7.51. The first-order valence-corrected chi connectivity index (χ1v) is 9.16. The maximum absolute atomic E-state index is 12.5. The van der Waals surface area contributed by atoms with E-state index in [4.69, 9.17) is 0 Å². The van der Waals surface area contributed by atoms with Crippen LogP contribution in [0, 0.1) is 16.7 Å². The molecule has 0 heterocycles. The molecule has 0 spiro atoms. The second-order valence-electron chi connectivity index (χ2n) is 7.77. The number of ketones is 1. The summed E-state index contributed by atoms with van der Waals surface area (Å²) in [7, 11) is -3.45. The summed E-state index contributed by atoms with van der Waals surface area (Å²) in [5.74, 6) is 0.453. The molecular formula is C15H27NO3S. The molecule has 0 unspecified atom stereocenters. The quantitative estimate of drug-likeness (QED) is 0.848. The van der Waals surface area contributed by atoms with Gasteiger partial charge in [-0.15, -0.1) is 0 Å². The van der Waals surface area contributed by atoms with Crippen LogP contribution in [0.5, 0.6) is 0 Å². The van der Waals surface area contributed by atoms with Crippen LogP contribution in [0.15, 0.2) is 0 Å². The number of sulfonamides is 1. The number of rotatable bonds is 5. The summed E-state index contributed by atoms with van der Waals surface area (Å²) in [5, 5.41) is 0. The molecule has 4 nitrogen and oxygen atoms in total. The molecule has 2 aliphatic rings. The van der Waals surface area contributed by atoms with Crippen molar-refractivity contribution in [1.29, 1.82) is 0 Å². The predicted molar refractivity (Wildman–Crippen MR) is 79.9 cm³/mol. The van der Waals surface area contributed by atoms with Crippen LogP contribution in [0.4, 0.5) is 0 Å². The molecule has 0 aromatic heterocycles. The van der Waals surface area contributed by atoms with E-state index in [9.17, 15) is 13.2 Å². The highest BCUT2D eigenvalue weighted by molar-refractivity contribution is 7.89. The van der Waals surface area contributed by atoms with E-state index in [0.29, 0.717) is 12.3 Å². The van der Waals surface area contributed by atoms with Gasteiger partial charge in [-0.3, -0.25) is 4.79 Å². The predicted octanol–water partition coefficient (Wildman–Crippen LogP) is 2.49. The average molecular weight is 301 g/mol. The highest BCUT2D eigenvalue weighted by Crippen LogP contribution is 2.64. The maximum Gasteiger partial charge on any atom is 0.213 e. The Balaban J connectivity index is 2.27. The van der Waals surface area contributed by atoms with Crippen molar-refractivity contribution in [3.05, 3.63) is 0 Å². The van der Waals surface area contributed by atoms with Crippen LogP contribution in [-0.2, 0) is 14.8 Å². The van der Waals surface area contributed by atoms with Crippen LogP contribution >= 0.6 is 0 Å². The van der Waals surface area contributed by atoms with Crippen molar-refractivity contribution < 1.29 is 13.2 Å². The van der Waals surface area contributed by atoms with Gasteiger partial charge in [0.05, 0.1) is 5.75 Å². The van der Waals surface area contributed by atoms with Crippen molar-refractivity contribution in [1.82, 2.24) is 4.72 Å². The van der Waals surface area contributed by atoms with Crippen molar-refractivity contribution in [2.75, 3.05) is 5.75 Å². The normalized spacial score (nSPS) is 32.9. The Hall–Kier alpha value is -0.420. The van der Waals surface area contributed by atoms with Gasteiger partial charge in [0.15, 0.2) is 0 Å². The molecule has 0 aromatic rings. The van der Waals surface area contributed by atoms with Gasteiger partial charge in [0.1, 0.15) is 5.78 Å². The van der Waals surface area contributed by atoms with Crippen LogP contribution in [0.3, 0.4) is 0 Å². The molecule has 2 bridgehead atoms. The van der Waals surface area contributed by atoms with Crippen LogP contribution in [-0.4, -0.2) is 25.5 Å². The van der Waals surface area contributed by atoms with Gasteiger partial charge >= 0.3 is 0 Å². The van der Waals surface area contributed by atoms with Crippen LogP contribution < -0.4 is 4.72 Å². The Morgan fingerprint density at radius 3 is 2.35 bits per heavy atom. The first kappa shape index (κ1) is 16.0. The molecule has 2 rings (SSSR count). The van der Waals surface area contributed by atoms with E-state index >= 15 is 0 Å². The minimum Gasteiger partial charge on any atom is -0.299 e. The lowest BCUT2D eigenvalue weighted by atomic mass is 9.70. The number of carbonyl (C=O) groups excluding carboxylic acids is 1. The van der Waals surface area contributed by atoms with Crippen molar-refractivity contribution in [3.8, 4) is 0 Å². The zero-order chi connectivity index (χ0) is 15.4. The Kier molecular flexibility index (Phi) is 3.62. The molecule has 0 aliphatic heterocycles. The van der Waals surface area contributed by atoms with Gasteiger partial charge in [0.2, 0.25) is 10.0 Å². The number of hydrogen-bond acceptors (Lipinski definition) is 3. The van der Waals surface area contributed by atoms with Gasteiger partial charge in [-0.25, -0.2) is 13.1 Å². The minimum absolute atomic E-state index is 0.0498. The highest BCUT2D eigenvalue weighted by Gasteiger charge is 2.65. The minimum atomic E-state index is -3.45. The molecule has 20 heavy (non-hydrogen) atoms. The fraction of sp³-hybridized carbons (Fsp3) is 0.933. The molecule has 1 N–H and O–H groups in total. The van der Waals surface area contributed by atoms with E-state index in [0.717, 1.165) is 19.3 Å². The van der Waals surface area contributed by atoms with Gasteiger partial charge < -0.3 is 0 Å². The van der Waals surface area contributed by atoms with E-state index in [1.54, 1.807) is 0 Å². The lowest BCUT2D eigenvalue weighted by Crippen LogP contribution is -2.50. The van der Waals surface area contributed by atoms with Crippen LogP contribution in [0.2, 0.25) is 0 Å². The largest absolute Gasteiger partial charge is 0.299 e. The molecular weight excluding hydrogens is 274 g/mol. The molecule has 0 saturated heterocycles. The van der Waals surface area contributed by atoms with Gasteiger partial charge in [-0.1, -0.05) is 20.8 Å². The lowest BCUT2D eigenvalue weighted by Gasteiger charge is -2.37. The van der Waals surface area contributed by atoms with Crippen molar-refractivity contribution in [2.45, 2.75) is 65.8 Å². The molecule has 2 saturated carbocycles. The third kappa shape index (κ3) is 2.33. The van der Waals surface area contributed by atoms with Crippen molar-refractivity contribution in [3.63, 3.8) is 0 Å². The molecule has 5 heteroatoms. The summed E-state index contributed by atoms with van der Waals surface area (Å²) in [4.78, 5) is 12.4.